The highest BCUT2D eigenvalue weighted by atomic mass is 16.5. The first-order chi connectivity index (χ1) is 8.37. The van der Waals surface area contributed by atoms with Crippen LogP contribution in [0.3, 0.4) is 0 Å². The normalized spacial score (nSPS) is 36.3. The van der Waals surface area contributed by atoms with Crippen LogP contribution in [0, 0.1) is 16.7 Å². The van der Waals surface area contributed by atoms with Gasteiger partial charge in [0.25, 0.3) is 0 Å². The summed E-state index contributed by atoms with van der Waals surface area (Å²) in [5.41, 5.74) is 1.31. The molecule has 3 rings (SSSR count). The molecule has 2 aliphatic carbocycles. The molecule has 1 aliphatic heterocycles. The van der Waals surface area contributed by atoms with E-state index >= 15 is 0 Å². The second kappa shape index (κ2) is 3.96. The SMILES string of the molecule is CC1(C)C(CNC2CCOC3(CCC3)C2)C1(C)C. The highest BCUT2D eigenvalue weighted by molar-refractivity contribution is 5.13. The third-order valence-electron chi connectivity index (χ3n) is 6.69. The molecule has 3 aliphatic rings. The van der Waals surface area contributed by atoms with Crippen LogP contribution in [0.5, 0.6) is 0 Å². The van der Waals surface area contributed by atoms with Gasteiger partial charge in [0.2, 0.25) is 0 Å². The first kappa shape index (κ1) is 12.9. The number of nitrogens with one attached hydrogen (secondary N) is 1. The zero-order valence-corrected chi connectivity index (χ0v) is 12.5. The monoisotopic (exact) mass is 251 g/mol. The Morgan fingerprint density at radius 1 is 1.11 bits per heavy atom. The van der Waals surface area contributed by atoms with Crippen LogP contribution in [0.2, 0.25) is 0 Å². The molecular weight excluding hydrogens is 222 g/mol. The van der Waals surface area contributed by atoms with Gasteiger partial charge in [-0.25, -0.2) is 0 Å². The topological polar surface area (TPSA) is 21.3 Å². The molecule has 0 aromatic heterocycles. The van der Waals surface area contributed by atoms with Crippen molar-refractivity contribution in [3.63, 3.8) is 0 Å². The van der Waals surface area contributed by atoms with E-state index in [1.807, 2.05) is 0 Å². The smallest absolute Gasteiger partial charge is 0.0697 e. The van der Waals surface area contributed by atoms with Crippen LogP contribution >= 0.6 is 0 Å². The maximum Gasteiger partial charge on any atom is 0.0697 e. The van der Waals surface area contributed by atoms with Crippen LogP contribution in [0.1, 0.15) is 59.8 Å². The van der Waals surface area contributed by atoms with Gasteiger partial charge in [0.15, 0.2) is 0 Å². The van der Waals surface area contributed by atoms with Gasteiger partial charge in [0.1, 0.15) is 0 Å². The van der Waals surface area contributed by atoms with E-state index in [9.17, 15) is 0 Å². The van der Waals surface area contributed by atoms with Crippen LogP contribution < -0.4 is 5.32 Å². The minimum atomic E-state index is 0.282. The summed E-state index contributed by atoms with van der Waals surface area (Å²) in [7, 11) is 0. The van der Waals surface area contributed by atoms with Crippen molar-refractivity contribution in [1.29, 1.82) is 0 Å². The molecule has 2 nitrogen and oxygen atoms in total. The summed E-state index contributed by atoms with van der Waals surface area (Å²) in [5.74, 6) is 0.838. The van der Waals surface area contributed by atoms with E-state index < -0.39 is 0 Å². The van der Waals surface area contributed by atoms with Crippen molar-refractivity contribution in [2.75, 3.05) is 13.2 Å². The molecular formula is C16H29NO. The van der Waals surface area contributed by atoms with E-state index in [2.05, 4.69) is 33.0 Å². The molecule has 1 atom stereocenters. The van der Waals surface area contributed by atoms with Crippen molar-refractivity contribution in [3.8, 4) is 0 Å². The van der Waals surface area contributed by atoms with E-state index in [1.54, 1.807) is 0 Å². The fourth-order valence-corrected chi connectivity index (χ4v) is 4.25. The van der Waals surface area contributed by atoms with Gasteiger partial charge in [-0.1, -0.05) is 27.7 Å². The van der Waals surface area contributed by atoms with Gasteiger partial charge in [0, 0.05) is 12.6 Å². The Bertz CT molecular complexity index is 316. The molecule has 104 valence electrons. The minimum absolute atomic E-state index is 0.282. The first-order valence-corrected chi connectivity index (χ1v) is 7.75. The molecule has 18 heavy (non-hydrogen) atoms. The Hall–Kier alpha value is -0.0800. The summed E-state index contributed by atoms with van der Waals surface area (Å²) in [4.78, 5) is 0. The maximum absolute atomic E-state index is 6.00. The van der Waals surface area contributed by atoms with Crippen molar-refractivity contribution in [2.24, 2.45) is 16.7 Å². The molecule has 1 N–H and O–H groups in total. The van der Waals surface area contributed by atoms with Crippen LogP contribution in [0.15, 0.2) is 0 Å². The quantitative estimate of drug-likeness (QED) is 0.830. The van der Waals surface area contributed by atoms with Gasteiger partial charge >= 0.3 is 0 Å². The lowest BCUT2D eigenvalue weighted by Gasteiger charge is -2.47. The average Bonchev–Trinajstić information content (AvgIpc) is 2.65. The van der Waals surface area contributed by atoms with Gasteiger partial charge in [-0.15, -0.1) is 0 Å². The lowest BCUT2D eigenvalue weighted by molar-refractivity contribution is -0.135. The Morgan fingerprint density at radius 3 is 2.28 bits per heavy atom. The number of hydrogen-bond donors (Lipinski definition) is 1. The summed E-state index contributed by atoms with van der Waals surface area (Å²) in [6.45, 7) is 11.8. The second-order valence-corrected chi connectivity index (χ2v) is 7.98. The standard InChI is InChI=1S/C16H29NO/c1-14(2)13(15(14,3)4)11-17-12-6-9-18-16(10-12)7-5-8-16/h12-13,17H,5-11H2,1-4H3. The van der Waals surface area contributed by atoms with Crippen molar-refractivity contribution >= 4 is 0 Å². The van der Waals surface area contributed by atoms with E-state index in [1.165, 1.54) is 38.6 Å². The number of rotatable bonds is 3. The van der Waals surface area contributed by atoms with Crippen molar-refractivity contribution in [2.45, 2.75) is 71.4 Å². The highest BCUT2D eigenvalue weighted by Crippen LogP contribution is 2.68. The van der Waals surface area contributed by atoms with E-state index in [4.69, 9.17) is 4.74 Å². The lowest BCUT2D eigenvalue weighted by atomic mass is 9.74. The molecule has 1 heterocycles. The Labute approximate surface area is 112 Å². The van der Waals surface area contributed by atoms with Crippen LogP contribution in [0.25, 0.3) is 0 Å². The van der Waals surface area contributed by atoms with Gasteiger partial charge in [0.05, 0.1) is 5.60 Å². The molecule has 0 bridgehead atoms. The summed E-state index contributed by atoms with van der Waals surface area (Å²) < 4.78 is 6.00. The summed E-state index contributed by atoms with van der Waals surface area (Å²) in [6.07, 6.45) is 6.42. The molecule has 1 saturated heterocycles. The molecule has 1 unspecified atom stereocenters. The summed E-state index contributed by atoms with van der Waals surface area (Å²) in [6, 6.07) is 0.700. The Morgan fingerprint density at radius 2 is 1.78 bits per heavy atom. The lowest BCUT2D eigenvalue weighted by Crippen LogP contribution is -2.51. The molecule has 0 aromatic carbocycles. The van der Waals surface area contributed by atoms with Gasteiger partial charge in [-0.3, -0.25) is 0 Å². The molecule has 2 heteroatoms. The predicted octanol–water partition coefficient (Wildman–Crippen LogP) is 3.36. The number of hydrogen-bond acceptors (Lipinski definition) is 2. The summed E-state index contributed by atoms with van der Waals surface area (Å²) >= 11 is 0. The van der Waals surface area contributed by atoms with Gasteiger partial charge in [-0.05, 0) is 55.4 Å². The van der Waals surface area contributed by atoms with E-state index in [0.29, 0.717) is 16.9 Å². The molecule has 0 amide bonds. The molecule has 2 saturated carbocycles. The fraction of sp³-hybridized carbons (Fsp3) is 1.00. The van der Waals surface area contributed by atoms with Crippen LogP contribution in [0.4, 0.5) is 0 Å². The van der Waals surface area contributed by atoms with E-state index in [0.717, 1.165) is 12.5 Å². The zero-order valence-electron chi connectivity index (χ0n) is 12.5. The van der Waals surface area contributed by atoms with Crippen molar-refractivity contribution in [1.82, 2.24) is 5.32 Å². The predicted molar refractivity (Wildman–Crippen MR) is 74.6 cm³/mol. The Kier molecular flexibility index (Phi) is 2.84. The van der Waals surface area contributed by atoms with Gasteiger partial charge in [-0.2, -0.15) is 0 Å². The largest absolute Gasteiger partial charge is 0.375 e. The minimum Gasteiger partial charge on any atom is -0.375 e. The third-order valence-corrected chi connectivity index (χ3v) is 6.69. The molecule has 0 radical (unpaired) electrons. The van der Waals surface area contributed by atoms with Crippen molar-refractivity contribution in [3.05, 3.63) is 0 Å². The van der Waals surface area contributed by atoms with Crippen LogP contribution in [-0.4, -0.2) is 24.8 Å². The van der Waals surface area contributed by atoms with Crippen LogP contribution in [-0.2, 0) is 4.74 Å². The Balaban J connectivity index is 1.49. The third kappa shape index (κ3) is 1.84. The summed E-state index contributed by atoms with van der Waals surface area (Å²) in [5, 5.41) is 3.84. The first-order valence-electron chi connectivity index (χ1n) is 7.75. The highest BCUT2D eigenvalue weighted by Gasteiger charge is 2.64. The van der Waals surface area contributed by atoms with Crippen molar-refractivity contribution < 1.29 is 4.74 Å². The maximum atomic E-state index is 6.00. The van der Waals surface area contributed by atoms with Gasteiger partial charge < -0.3 is 10.1 Å². The molecule has 0 aromatic rings. The fourth-order valence-electron chi connectivity index (χ4n) is 4.25. The number of ether oxygens (including phenoxy) is 1. The zero-order chi connectivity index (χ0) is 13.0. The second-order valence-electron chi connectivity index (χ2n) is 7.98. The van der Waals surface area contributed by atoms with E-state index in [-0.39, 0.29) is 5.60 Å². The molecule has 1 spiro atoms. The molecule has 3 fully saturated rings. The average molecular weight is 251 g/mol.